The molecule has 17 heavy (non-hydrogen) atoms. The van der Waals surface area contributed by atoms with E-state index in [2.05, 4.69) is 27.3 Å². The molecule has 2 rings (SSSR count). The molecule has 1 N–H and O–H groups in total. The second kappa shape index (κ2) is 6.19. The van der Waals surface area contributed by atoms with Gasteiger partial charge in [0, 0.05) is 23.1 Å². The Labute approximate surface area is 116 Å². The van der Waals surface area contributed by atoms with Crippen LogP contribution in [0.15, 0.2) is 22.7 Å². The SMILES string of the molecule is COCCNCC1CC1c1ccc(Cl)cc1Br. The lowest BCUT2D eigenvalue weighted by Crippen LogP contribution is -2.21. The van der Waals surface area contributed by atoms with Crippen LogP contribution in [0, 0.1) is 5.92 Å². The number of benzene rings is 1. The van der Waals surface area contributed by atoms with Gasteiger partial charge in [-0.2, -0.15) is 0 Å². The molecule has 0 bridgehead atoms. The fraction of sp³-hybridized carbons (Fsp3) is 0.538. The van der Waals surface area contributed by atoms with Gasteiger partial charge in [0.15, 0.2) is 0 Å². The first kappa shape index (κ1) is 13.3. The number of rotatable bonds is 6. The van der Waals surface area contributed by atoms with E-state index in [1.165, 1.54) is 12.0 Å². The first-order valence-electron chi connectivity index (χ1n) is 5.87. The number of nitrogens with one attached hydrogen (secondary N) is 1. The maximum atomic E-state index is 5.94. The zero-order valence-corrected chi connectivity index (χ0v) is 12.2. The molecular formula is C13H17BrClNO. The fourth-order valence-corrected chi connectivity index (χ4v) is 3.09. The Morgan fingerprint density at radius 3 is 3.06 bits per heavy atom. The lowest BCUT2D eigenvalue weighted by Gasteiger charge is -2.06. The highest BCUT2D eigenvalue weighted by Crippen LogP contribution is 2.49. The molecule has 4 heteroatoms. The van der Waals surface area contributed by atoms with Crippen molar-refractivity contribution in [1.29, 1.82) is 0 Å². The van der Waals surface area contributed by atoms with E-state index in [0.29, 0.717) is 5.92 Å². The zero-order chi connectivity index (χ0) is 12.3. The van der Waals surface area contributed by atoms with Crippen LogP contribution in [0.5, 0.6) is 0 Å². The van der Waals surface area contributed by atoms with Crippen LogP contribution in [-0.2, 0) is 4.74 Å². The standard InChI is InChI=1S/C13H17BrClNO/c1-17-5-4-16-8-9-6-12(9)11-3-2-10(15)7-13(11)14/h2-3,7,9,12,16H,4-6,8H2,1H3. The third kappa shape index (κ3) is 3.68. The lowest BCUT2D eigenvalue weighted by atomic mass is 10.1. The van der Waals surface area contributed by atoms with E-state index < -0.39 is 0 Å². The minimum atomic E-state index is 0.677. The average molecular weight is 319 g/mol. The maximum absolute atomic E-state index is 5.94. The molecule has 2 unspecified atom stereocenters. The van der Waals surface area contributed by atoms with E-state index in [-0.39, 0.29) is 0 Å². The minimum absolute atomic E-state index is 0.677. The molecule has 0 aliphatic heterocycles. The molecule has 0 spiro atoms. The number of hydrogen-bond donors (Lipinski definition) is 1. The van der Waals surface area contributed by atoms with Gasteiger partial charge in [0.2, 0.25) is 0 Å². The van der Waals surface area contributed by atoms with Crippen molar-refractivity contribution in [1.82, 2.24) is 5.32 Å². The monoisotopic (exact) mass is 317 g/mol. The molecule has 1 aliphatic rings. The van der Waals surface area contributed by atoms with Crippen LogP contribution in [0.1, 0.15) is 17.9 Å². The second-order valence-corrected chi connectivity index (χ2v) is 5.76. The van der Waals surface area contributed by atoms with Crippen molar-refractivity contribution in [2.24, 2.45) is 5.92 Å². The Morgan fingerprint density at radius 1 is 1.53 bits per heavy atom. The Balaban J connectivity index is 1.81. The maximum Gasteiger partial charge on any atom is 0.0587 e. The molecule has 0 heterocycles. The molecule has 0 saturated heterocycles. The summed E-state index contributed by atoms with van der Waals surface area (Å²) in [7, 11) is 1.73. The third-order valence-corrected chi connectivity index (χ3v) is 4.10. The van der Waals surface area contributed by atoms with Gasteiger partial charge in [-0.1, -0.05) is 33.6 Å². The lowest BCUT2D eigenvalue weighted by molar-refractivity contribution is 0.199. The Kier molecular flexibility index (Phi) is 4.86. The van der Waals surface area contributed by atoms with Crippen LogP contribution in [0.3, 0.4) is 0 Å². The van der Waals surface area contributed by atoms with Gasteiger partial charge in [-0.25, -0.2) is 0 Å². The van der Waals surface area contributed by atoms with E-state index in [1.54, 1.807) is 7.11 Å². The highest BCUT2D eigenvalue weighted by molar-refractivity contribution is 9.10. The van der Waals surface area contributed by atoms with Crippen molar-refractivity contribution in [2.75, 3.05) is 26.8 Å². The van der Waals surface area contributed by atoms with Crippen LogP contribution in [0.25, 0.3) is 0 Å². The molecule has 1 saturated carbocycles. The molecule has 94 valence electrons. The van der Waals surface area contributed by atoms with Gasteiger partial charge in [-0.05, 0) is 42.5 Å². The van der Waals surface area contributed by atoms with Crippen LogP contribution in [0.4, 0.5) is 0 Å². The molecule has 1 aromatic carbocycles. The number of ether oxygens (including phenoxy) is 1. The summed E-state index contributed by atoms with van der Waals surface area (Å²) in [6.07, 6.45) is 1.26. The second-order valence-electron chi connectivity index (χ2n) is 4.47. The summed E-state index contributed by atoms with van der Waals surface area (Å²) in [5, 5.41) is 4.20. The quantitative estimate of drug-likeness (QED) is 0.811. The highest BCUT2D eigenvalue weighted by atomic mass is 79.9. The van der Waals surface area contributed by atoms with Gasteiger partial charge in [0.05, 0.1) is 6.61 Å². The van der Waals surface area contributed by atoms with E-state index in [4.69, 9.17) is 16.3 Å². The highest BCUT2D eigenvalue weighted by Gasteiger charge is 2.38. The summed E-state index contributed by atoms with van der Waals surface area (Å²) in [5.41, 5.74) is 1.38. The molecule has 0 radical (unpaired) electrons. The molecule has 1 aromatic rings. The van der Waals surface area contributed by atoms with E-state index in [1.807, 2.05) is 12.1 Å². The van der Waals surface area contributed by atoms with Gasteiger partial charge in [-0.3, -0.25) is 0 Å². The van der Waals surface area contributed by atoms with Crippen LogP contribution in [-0.4, -0.2) is 26.8 Å². The average Bonchev–Trinajstić information content (AvgIpc) is 3.04. The summed E-state index contributed by atoms with van der Waals surface area (Å²) >= 11 is 9.52. The van der Waals surface area contributed by atoms with Crippen molar-refractivity contribution in [3.8, 4) is 0 Å². The van der Waals surface area contributed by atoms with Gasteiger partial charge in [0.25, 0.3) is 0 Å². The summed E-state index contributed by atoms with van der Waals surface area (Å²) < 4.78 is 6.14. The number of hydrogen-bond acceptors (Lipinski definition) is 2. The van der Waals surface area contributed by atoms with Gasteiger partial charge in [-0.15, -0.1) is 0 Å². The van der Waals surface area contributed by atoms with Gasteiger partial charge in [0.1, 0.15) is 0 Å². The topological polar surface area (TPSA) is 21.3 Å². The molecule has 2 atom stereocenters. The summed E-state index contributed by atoms with van der Waals surface area (Å²) in [4.78, 5) is 0. The number of methoxy groups -OCH3 is 1. The van der Waals surface area contributed by atoms with Crippen molar-refractivity contribution in [3.05, 3.63) is 33.3 Å². The Morgan fingerprint density at radius 2 is 2.35 bits per heavy atom. The summed E-state index contributed by atoms with van der Waals surface area (Å²) in [5.74, 6) is 1.43. The number of halogens is 2. The normalized spacial score (nSPS) is 22.8. The smallest absolute Gasteiger partial charge is 0.0587 e. The summed E-state index contributed by atoms with van der Waals surface area (Å²) in [6, 6.07) is 6.08. The van der Waals surface area contributed by atoms with Crippen molar-refractivity contribution in [3.63, 3.8) is 0 Å². The van der Waals surface area contributed by atoms with Crippen molar-refractivity contribution in [2.45, 2.75) is 12.3 Å². The van der Waals surface area contributed by atoms with Gasteiger partial charge < -0.3 is 10.1 Å². The van der Waals surface area contributed by atoms with E-state index >= 15 is 0 Å². The first-order chi connectivity index (χ1) is 8.22. The van der Waals surface area contributed by atoms with Crippen LogP contribution >= 0.6 is 27.5 Å². The molecule has 0 aromatic heterocycles. The fourth-order valence-electron chi connectivity index (χ4n) is 2.12. The Hall–Kier alpha value is -0.0900. The zero-order valence-electron chi connectivity index (χ0n) is 9.88. The van der Waals surface area contributed by atoms with E-state index in [9.17, 15) is 0 Å². The molecular weight excluding hydrogens is 302 g/mol. The molecule has 2 nitrogen and oxygen atoms in total. The predicted molar refractivity (Wildman–Crippen MR) is 74.7 cm³/mol. The van der Waals surface area contributed by atoms with Gasteiger partial charge >= 0.3 is 0 Å². The van der Waals surface area contributed by atoms with Crippen LogP contribution in [0.2, 0.25) is 5.02 Å². The summed E-state index contributed by atoms with van der Waals surface area (Å²) in [6.45, 7) is 2.78. The van der Waals surface area contributed by atoms with Crippen molar-refractivity contribution >= 4 is 27.5 Å². The molecule has 1 aliphatic carbocycles. The van der Waals surface area contributed by atoms with Crippen LogP contribution < -0.4 is 5.32 Å². The van der Waals surface area contributed by atoms with Crippen molar-refractivity contribution < 1.29 is 4.74 Å². The largest absolute Gasteiger partial charge is 0.383 e. The molecule has 1 fully saturated rings. The Bertz CT molecular complexity index is 386. The first-order valence-corrected chi connectivity index (χ1v) is 7.04. The van der Waals surface area contributed by atoms with E-state index in [0.717, 1.165) is 35.1 Å². The molecule has 0 amide bonds. The minimum Gasteiger partial charge on any atom is -0.383 e. The predicted octanol–water partition coefficient (Wildman–Crippen LogP) is 3.44. The third-order valence-electron chi connectivity index (χ3n) is 3.17.